The van der Waals surface area contributed by atoms with Gasteiger partial charge in [0, 0.05) is 13.1 Å². The first-order chi connectivity index (χ1) is 18.2. The Morgan fingerprint density at radius 3 is 2.03 bits per heavy atom. The molecule has 39 heavy (non-hydrogen) atoms. The number of amides is 1. The largest absolute Gasteiger partial charge is 0.444 e. The van der Waals surface area contributed by atoms with E-state index < -0.39 is 64.3 Å². The van der Waals surface area contributed by atoms with E-state index in [-0.39, 0.29) is 18.9 Å². The number of rotatable bonds is 9. The van der Waals surface area contributed by atoms with Gasteiger partial charge in [-0.3, -0.25) is 0 Å². The third-order valence-corrected chi connectivity index (χ3v) is 5.14. The number of halogens is 5. The van der Waals surface area contributed by atoms with Crippen LogP contribution in [0.2, 0.25) is 0 Å². The van der Waals surface area contributed by atoms with Crippen LogP contribution in [-0.4, -0.2) is 41.0 Å². The number of carbonyl (C=O) groups is 2. The normalized spacial score (nSPS) is 12.6. The van der Waals surface area contributed by atoms with Crippen LogP contribution in [-0.2, 0) is 16.1 Å². The lowest BCUT2D eigenvalue weighted by molar-refractivity contribution is 0.0482. The highest BCUT2D eigenvalue weighted by molar-refractivity contribution is 5.93. The van der Waals surface area contributed by atoms with Crippen LogP contribution >= 0.6 is 0 Å². The quantitative estimate of drug-likeness (QED) is 0.0592. The van der Waals surface area contributed by atoms with Gasteiger partial charge in [-0.2, -0.15) is 0 Å². The Morgan fingerprint density at radius 1 is 1.00 bits per heavy atom. The lowest BCUT2D eigenvalue weighted by Gasteiger charge is -2.32. The Morgan fingerprint density at radius 2 is 1.54 bits per heavy atom. The van der Waals surface area contributed by atoms with Gasteiger partial charge in [-0.25, -0.2) is 31.5 Å². The molecule has 1 amide bonds. The van der Waals surface area contributed by atoms with E-state index in [2.05, 4.69) is 17.1 Å². The van der Waals surface area contributed by atoms with Crippen LogP contribution in [0.3, 0.4) is 0 Å². The molecule has 0 spiro atoms. The first-order valence-corrected chi connectivity index (χ1v) is 11.9. The van der Waals surface area contributed by atoms with Crippen molar-refractivity contribution in [3.05, 3.63) is 83.2 Å². The van der Waals surface area contributed by atoms with Crippen molar-refractivity contribution in [1.29, 1.82) is 0 Å². The summed E-state index contributed by atoms with van der Waals surface area (Å²) in [5, 5.41) is 6.39. The van der Waals surface area contributed by atoms with Crippen LogP contribution in [0.5, 0.6) is 0 Å². The number of carbonyl (C=O) groups excluding carboxylic acids is 2. The van der Waals surface area contributed by atoms with Crippen LogP contribution < -0.4 is 5.32 Å². The molecule has 2 rings (SSSR count). The fraction of sp³-hybridized carbons (Fsp3) is 0.370. The fourth-order valence-electron chi connectivity index (χ4n) is 3.39. The van der Waals surface area contributed by atoms with E-state index >= 15 is 0 Å². The molecular weight excluding hydrogens is 525 g/mol. The summed E-state index contributed by atoms with van der Waals surface area (Å²) in [4.78, 5) is 31.4. The summed E-state index contributed by atoms with van der Waals surface area (Å²) in [6.45, 7) is 12.3. The van der Waals surface area contributed by atoms with Gasteiger partial charge in [0.1, 0.15) is 11.2 Å². The van der Waals surface area contributed by atoms with Crippen LogP contribution in [0.1, 0.15) is 50.5 Å². The minimum atomic E-state index is -2.42. The highest BCUT2D eigenvalue weighted by atomic mass is 19.2. The molecule has 12 heteroatoms. The lowest BCUT2D eigenvalue weighted by atomic mass is 10.0. The Kier molecular flexibility index (Phi) is 10.6. The summed E-state index contributed by atoms with van der Waals surface area (Å²) in [6.07, 6.45) is 0.660. The molecule has 0 bridgehead atoms. The molecule has 1 atom stereocenters. The molecule has 0 saturated carbocycles. The number of hydrogen-bond donors (Lipinski definition) is 1. The molecule has 2 aromatic carbocycles. The lowest BCUT2D eigenvalue weighted by Crippen LogP contribution is -2.52. The van der Waals surface area contributed by atoms with E-state index in [1.54, 1.807) is 69.9 Å². The summed E-state index contributed by atoms with van der Waals surface area (Å²) >= 11 is 0. The monoisotopic (exact) mass is 555 g/mol. The second-order valence-corrected chi connectivity index (χ2v) is 9.80. The summed E-state index contributed by atoms with van der Waals surface area (Å²) in [5.41, 5.74) is -1.89. The van der Waals surface area contributed by atoms with Gasteiger partial charge in [-0.15, -0.1) is 6.58 Å². The molecule has 0 aliphatic heterocycles. The Labute approximate surface area is 223 Å². The van der Waals surface area contributed by atoms with Crippen molar-refractivity contribution in [3.63, 3.8) is 0 Å². The highest BCUT2D eigenvalue weighted by Crippen LogP contribution is 2.24. The molecule has 0 fully saturated rings. The average molecular weight is 556 g/mol. The van der Waals surface area contributed by atoms with Crippen molar-refractivity contribution in [1.82, 2.24) is 10.2 Å². The van der Waals surface area contributed by atoms with Crippen LogP contribution in [0.25, 0.3) is 0 Å². The molecular formula is C27H30F5N3O4. The van der Waals surface area contributed by atoms with Crippen molar-refractivity contribution < 1.29 is 41.1 Å². The first kappa shape index (κ1) is 31.3. The maximum absolute atomic E-state index is 14.2. The summed E-state index contributed by atoms with van der Waals surface area (Å²) < 4.78 is 74.5. The third-order valence-electron chi connectivity index (χ3n) is 5.14. The zero-order valence-electron chi connectivity index (χ0n) is 22.2. The van der Waals surface area contributed by atoms with Gasteiger partial charge < -0.3 is 19.8 Å². The number of ether oxygens (including phenoxy) is 1. The molecule has 0 radical (unpaired) electrons. The standard InChI is InChI=1S/C27H30F5N3O4/c1-7-13-35(14-16-11-9-8-10-12-16)24(23(15(2)3)33-26(37)38-27(4,5)6)34-39-25(36)17-18(28)20(30)22(32)21(31)19(17)29/h7-12,15,23H,1,13-14H2,2-6H3,(H,33,37)/b34-24-/t23-/m1/s1. The molecule has 0 aliphatic rings. The molecule has 212 valence electrons. The van der Waals surface area contributed by atoms with Gasteiger partial charge in [-0.1, -0.05) is 55.4 Å². The molecule has 0 aromatic heterocycles. The van der Waals surface area contributed by atoms with Crippen LogP contribution in [0, 0.1) is 35.0 Å². The number of amidine groups is 1. The molecule has 7 nitrogen and oxygen atoms in total. The number of alkyl carbamates (subject to hydrolysis) is 1. The number of nitrogens with zero attached hydrogens (tertiary/aromatic N) is 2. The van der Waals surface area contributed by atoms with Crippen molar-refractivity contribution >= 4 is 17.9 Å². The highest BCUT2D eigenvalue weighted by Gasteiger charge is 2.33. The topological polar surface area (TPSA) is 80.2 Å². The predicted molar refractivity (Wildman–Crippen MR) is 134 cm³/mol. The van der Waals surface area contributed by atoms with Gasteiger partial charge in [0.2, 0.25) is 5.82 Å². The third kappa shape index (κ3) is 8.26. The molecule has 0 saturated heterocycles. The SMILES string of the molecule is C=CCN(Cc1ccccc1)/C(=N\OC(=O)c1c(F)c(F)c(F)c(F)c1F)[C@H](NC(=O)OC(C)(C)C)C(C)C. The zero-order chi connectivity index (χ0) is 29.5. The molecule has 0 aliphatic carbocycles. The van der Waals surface area contributed by atoms with E-state index in [1.807, 2.05) is 0 Å². The molecule has 0 heterocycles. The minimum absolute atomic E-state index is 0.100. The molecule has 1 N–H and O–H groups in total. The van der Waals surface area contributed by atoms with Crippen molar-refractivity contribution in [3.8, 4) is 0 Å². The number of oxime groups is 1. The van der Waals surface area contributed by atoms with Crippen molar-refractivity contribution in [2.75, 3.05) is 6.54 Å². The summed E-state index contributed by atoms with van der Waals surface area (Å²) in [7, 11) is 0. The van der Waals surface area contributed by atoms with Crippen molar-refractivity contribution in [2.45, 2.75) is 52.8 Å². The summed E-state index contributed by atoms with van der Waals surface area (Å²) in [5.74, 6) is -14.2. The molecule has 2 aromatic rings. The Hall–Kier alpha value is -3.96. The van der Waals surface area contributed by atoms with Gasteiger partial charge in [-0.05, 0) is 32.3 Å². The van der Waals surface area contributed by atoms with E-state index in [9.17, 15) is 31.5 Å². The second kappa shape index (κ2) is 13.2. The zero-order valence-corrected chi connectivity index (χ0v) is 22.2. The van der Waals surface area contributed by atoms with Crippen molar-refractivity contribution in [2.24, 2.45) is 11.1 Å². The number of nitrogens with one attached hydrogen (secondary N) is 1. The van der Waals surface area contributed by atoms with E-state index in [0.29, 0.717) is 0 Å². The van der Waals surface area contributed by atoms with E-state index in [1.165, 1.54) is 6.08 Å². The summed E-state index contributed by atoms with van der Waals surface area (Å²) in [6, 6.07) is 7.94. The Bertz CT molecular complexity index is 1200. The number of hydrogen-bond acceptors (Lipinski definition) is 5. The maximum atomic E-state index is 14.2. The van der Waals surface area contributed by atoms with E-state index in [0.717, 1.165) is 5.56 Å². The smallest absolute Gasteiger partial charge is 0.408 e. The van der Waals surface area contributed by atoms with Gasteiger partial charge in [0.05, 0.1) is 6.04 Å². The van der Waals surface area contributed by atoms with Gasteiger partial charge in [0.25, 0.3) is 0 Å². The predicted octanol–water partition coefficient (Wildman–Crippen LogP) is 6.09. The van der Waals surface area contributed by atoms with Crippen LogP contribution in [0.15, 0.2) is 48.1 Å². The molecule has 0 unspecified atom stereocenters. The van der Waals surface area contributed by atoms with Gasteiger partial charge >= 0.3 is 12.1 Å². The Balaban J connectivity index is 2.58. The van der Waals surface area contributed by atoms with Gasteiger partial charge in [0.15, 0.2) is 29.1 Å². The first-order valence-electron chi connectivity index (χ1n) is 11.9. The number of benzene rings is 2. The average Bonchev–Trinajstić information content (AvgIpc) is 2.85. The fourth-order valence-corrected chi connectivity index (χ4v) is 3.39. The second-order valence-electron chi connectivity index (χ2n) is 9.80. The van der Waals surface area contributed by atoms with Crippen LogP contribution in [0.4, 0.5) is 26.7 Å². The van der Waals surface area contributed by atoms with E-state index in [4.69, 9.17) is 9.57 Å². The minimum Gasteiger partial charge on any atom is -0.444 e. The maximum Gasteiger partial charge on any atom is 0.408 e.